The Labute approximate surface area is 154 Å². The van der Waals surface area contributed by atoms with Gasteiger partial charge in [-0.1, -0.05) is 36.4 Å². The molecule has 0 saturated heterocycles. The van der Waals surface area contributed by atoms with E-state index in [4.69, 9.17) is 0 Å². The number of fused-ring (bicyclic) bond motifs is 1. The SMILES string of the molecule is O=S(=O)(Nc1nc2ccccc2nc1Nc1ccccc1)c1cccs1. The van der Waals surface area contributed by atoms with Crippen LogP contribution >= 0.6 is 11.3 Å². The van der Waals surface area contributed by atoms with Crippen molar-refractivity contribution < 1.29 is 8.42 Å². The van der Waals surface area contributed by atoms with Gasteiger partial charge in [-0.3, -0.25) is 4.72 Å². The average Bonchev–Trinajstić information content (AvgIpc) is 3.19. The number of aromatic nitrogens is 2. The third kappa shape index (κ3) is 3.37. The highest BCUT2D eigenvalue weighted by Crippen LogP contribution is 2.27. The molecule has 26 heavy (non-hydrogen) atoms. The zero-order chi connectivity index (χ0) is 18.0. The summed E-state index contributed by atoms with van der Waals surface area (Å²) in [5, 5.41) is 4.85. The molecule has 2 N–H and O–H groups in total. The highest BCUT2D eigenvalue weighted by Gasteiger charge is 2.19. The molecule has 0 amide bonds. The van der Waals surface area contributed by atoms with Crippen LogP contribution in [0.2, 0.25) is 0 Å². The first-order valence-corrected chi connectivity index (χ1v) is 10.1. The lowest BCUT2D eigenvalue weighted by Crippen LogP contribution is -2.15. The molecular formula is C18H14N4O2S2. The minimum absolute atomic E-state index is 0.154. The Morgan fingerprint density at radius 2 is 1.42 bits per heavy atom. The molecule has 0 unspecified atom stereocenters. The van der Waals surface area contributed by atoms with Gasteiger partial charge < -0.3 is 5.32 Å². The Balaban J connectivity index is 1.80. The Morgan fingerprint density at radius 1 is 0.769 bits per heavy atom. The molecule has 6 nitrogen and oxygen atoms in total. The minimum atomic E-state index is -3.73. The summed E-state index contributed by atoms with van der Waals surface area (Å²) in [6, 6.07) is 19.9. The Morgan fingerprint density at radius 3 is 2.08 bits per heavy atom. The van der Waals surface area contributed by atoms with E-state index in [-0.39, 0.29) is 10.0 Å². The topological polar surface area (TPSA) is 84.0 Å². The summed E-state index contributed by atoms with van der Waals surface area (Å²) in [5.74, 6) is 0.496. The zero-order valence-electron chi connectivity index (χ0n) is 13.5. The molecule has 2 aromatic carbocycles. The van der Waals surface area contributed by atoms with Crippen molar-refractivity contribution in [3.8, 4) is 0 Å². The van der Waals surface area contributed by atoms with Gasteiger partial charge in [0.25, 0.3) is 10.0 Å². The minimum Gasteiger partial charge on any atom is -0.337 e. The van der Waals surface area contributed by atoms with Crippen molar-refractivity contribution in [1.29, 1.82) is 0 Å². The molecular weight excluding hydrogens is 368 g/mol. The predicted molar refractivity (Wildman–Crippen MR) is 104 cm³/mol. The highest BCUT2D eigenvalue weighted by atomic mass is 32.2. The van der Waals surface area contributed by atoms with Crippen LogP contribution in [0.4, 0.5) is 17.3 Å². The van der Waals surface area contributed by atoms with E-state index in [0.717, 1.165) is 17.0 Å². The van der Waals surface area contributed by atoms with Gasteiger partial charge in [0.05, 0.1) is 11.0 Å². The van der Waals surface area contributed by atoms with Gasteiger partial charge in [0.1, 0.15) is 4.21 Å². The van der Waals surface area contributed by atoms with E-state index in [2.05, 4.69) is 20.0 Å². The third-order valence-electron chi connectivity index (χ3n) is 3.60. The molecule has 4 rings (SSSR count). The zero-order valence-corrected chi connectivity index (χ0v) is 15.1. The fraction of sp³-hybridized carbons (Fsp3) is 0. The maximum absolute atomic E-state index is 12.6. The van der Waals surface area contributed by atoms with Gasteiger partial charge in [-0.05, 0) is 35.7 Å². The van der Waals surface area contributed by atoms with Crippen LogP contribution in [-0.2, 0) is 10.0 Å². The van der Waals surface area contributed by atoms with E-state index < -0.39 is 10.0 Å². The van der Waals surface area contributed by atoms with Crippen molar-refractivity contribution in [3.05, 3.63) is 72.1 Å². The van der Waals surface area contributed by atoms with Gasteiger partial charge in [0.2, 0.25) is 0 Å². The van der Waals surface area contributed by atoms with E-state index in [9.17, 15) is 8.42 Å². The lowest BCUT2D eigenvalue weighted by Gasteiger charge is -2.13. The van der Waals surface area contributed by atoms with Crippen molar-refractivity contribution in [2.75, 3.05) is 10.0 Å². The van der Waals surface area contributed by atoms with Gasteiger partial charge in [-0.15, -0.1) is 11.3 Å². The lowest BCUT2D eigenvalue weighted by molar-refractivity contribution is 0.603. The molecule has 2 aromatic heterocycles. The summed E-state index contributed by atoms with van der Waals surface area (Å²) in [6.45, 7) is 0. The average molecular weight is 382 g/mol. The Bertz CT molecular complexity index is 1140. The number of sulfonamides is 1. The number of anilines is 3. The van der Waals surface area contributed by atoms with Crippen molar-refractivity contribution in [3.63, 3.8) is 0 Å². The summed E-state index contributed by atoms with van der Waals surface area (Å²) < 4.78 is 28.0. The fourth-order valence-corrected chi connectivity index (χ4v) is 4.41. The maximum Gasteiger partial charge on any atom is 0.272 e. The number of para-hydroxylation sites is 3. The molecule has 0 bridgehead atoms. The molecule has 4 aromatic rings. The van der Waals surface area contributed by atoms with Crippen LogP contribution in [-0.4, -0.2) is 18.4 Å². The normalized spacial score (nSPS) is 11.4. The molecule has 0 aliphatic heterocycles. The molecule has 0 aliphatic carbocycles. The Hall–Kier alpha value is -2.97. The Kier molecular flexibility index (Phi) is 4.27. The summed E-state index contributed by atoms with van der Waals surface area (Å²) in [5.41, 5.74) is 2.06. The smallest absolute Gasteiger partial charge is 0.272 e. The van der Waals surface area contributed by atoms with Crippen LogP contribution in [0.3, 0.4) is 0 Å². The van der Waals surface area contributed by atoms with E-state index in [1.165, 1.54) is 0 Å². The van der Waals surface area contributed by atoms with E-state index in [1.54, 1.807) is 23.6 Å². The van der Waals surface area contributed by atoms with Gasteiger partial charge in [-0.25, -0.2) is 18.4 Å². The number of hydrogen-bond donors (Lipinski definition) is 2. The number of nitrogens with zero attached hydrogens (tertiary/aromatic N) is 2. The van der Waals surface area contributed by atoms with Gasteiger partial charge >= 0.3 is 0 Å². The largest absolute Gasteiger partial charge is 0.337 e. The highest BCUT2D eigenvalue weighted by molar-refractivity contribution is 7.94. The predicted octanol–water partition coefficient (Wildman–Crippen LogP) is 4.24. The first-order chi connectivity index (χ1) is 12.6. The van der Waals surface area contributed by atoms with Crippen LogP contribution in [0.25, 0.3) is 11.0 Å². The molecule has 0 radical (unpaired) electrons. The summed E-state index contributed by atoms with van der Waals surface area (Å²) in [4.78, 5) is 8.99. The fourth-order valence-electron chi connectivity index (χ4n) is 2.41. The molecule has 0 fully saturated rings. The molecule has 8 heteroatoms. The number of hydrogen-bond acceptors (Lipinski definition) is 6. The number of benzene rings is 2. The quantitative estimate of drug-likeness (QED) is 0.539. The maximum atomic E-state index is 12.6. The first-order valence-electron chi connectivity index (χ1n) is 7.77. The molecule has 0 saturated carbocycles. The van der Waals surface area contributed by atoms with Crippen LogP contribution in [0, 0.1) is 0 Å². The van der Waals surface area contributed by atoms with Crippen molar-refractivity contribution in [1.82, 2.24) is 9.97 Å². The van der Waals surface area contributed by atoms with Gasteiger partial charge in [0, 0.05) is 5.69 Å². The van der Waals surface area contributed by atoms with Gasteiger partial charge in [-0.2, -0.15) is 0 Å². The van der Waals surface area contributed by atoms with Crippen molar-refractivity contribution in [2.45, 2.75) is 4.21 Å². The third-order valence-corrected chi connectivity index (χ3v) is 6.33. The molecule has 0 atom stereocenters. The van der Waals surface area contributed by atoms with Crippen LogP contribution < -0.4 is 10.0 Å². The van der Waals surface area contributed by atoms with Crippen molar-refractivity contribution >= 4 is 49.7 Å². The van der Waals surface area contributed by atoms with Crippen LogP contribution in [0.15, 0.2) is 76.3 Å². The van der Waals surface area contributed by atoms with E-state index in [1.807, 2.05) is 48.5 Å². The molecule has 0 spiro atoms. The number of rotatable bonds is 5. The summed E-state index contributed by atoms with van der Waals surface area (Å²) >= 11 is 1.14. The molecule has 130 valence electrons. The van der Waals surface area contributed by atoms with E-state index >= 15 is 0 Å². The van der Waals surface area contributed by atoms with Crippen LogP contribution in [0.5, 0.6) is 0 Å². The second-order valence-electron chi connectivity index (χ2n) is 5.44. The number of thiophene rings is 1. The van der Waals surface area contributed by atoms with Gasteiger partial charge in [0.15, 0.2) is 11.6 Å². The monoisotopic (exact) mass is 382 g/mol. The van der Waals surface area contributed by atoms with Crippen LogP contribution in [0.1, 0.15) is 0 Å². The molecule has 0 aliphatic rings. The standard InChI is InChI=1S/C18H14N4O2S2/c23-26(24,16-11-6-12-25-16)22-18-17(19-13-7-2-1-3-8-13)20-14-9-4-5-10-15(14)21-18/h1-12H,(H,19,20)(H,21,22). The molecule has 2 heterocycles. The van der Waals surface area contributed by atoms with E-state index in [0.29, 0.717) is 16.9 Å². The first kappa shape index (κ1) is 16.5. The second-order valence-corrected chi connectivity index (χ2v) is 8.30. The lowest BCUT2D eigenvalue weighted by atomic mass is 10.3. The van der Waals surface area contributed by atoms with Crippen molar-refractivity contribution in [2.24, 2.45) is 0 Å². The number of nitrogens with one attached hydrogen (secondary N) is 2. The summed E-state index contributed by atoms with van der Waals surface area (Å²) in [6.07, 6.45) is 0. The second kappa shape index (κ2) is 6.74. The summed E-state index contributed by atoms with van der Waals surface area (Å²) in [7, 11) is -3.73.